The predicted octanol–water partition coefficient (Wildman–Crippen LogP) is 3.21. The number of hydrogen-bond donors (Lipinski definition) is 3. The smallest absolute Gasteiger partial charge is 0.308 e. The number of amides is 2. The van der Waals surface area contributed by atoms with Gasteiger partial charge in [0.25, 0.3) is 0 Å². The van der Waals surface area contributed by atoms with Crippen LogP contribution in [-0.4, -0.2) is 16.2 Å². The van der Waals surface area contributed by atoms with E-state index in [1.54, 1.807) is 0 Å². The second kappa shape index (κ2) is 5.19. The number of alkyl halides is 3. The Kier molecular flexibility index (Phi) is 3.59. The molecular weight excluding hydrogens is 280 g/mol. The number of aromatic nitrogens is 2. The van der Waals surface area contributed by atoms with Crippen molar-refractivity contribution in [2.45, 2.75) is 6.18 Å². The average molecular weight is 288 g/mol. The molecule has 1 aromatic carbocycles. The summed E-state index contributed by atoms with van der Waals surface area (Å²) in [6.07, 6.45) is -2.14. The summed E-state index contributed by atoms with van der Waals surface area (Å²) in [6.45, 7) is 0. The van der Waals surface area contributed by atoms with Gasteiger partial charge in [0.15, 0.2) is 0 Å². The van der Waals surface area contributed by atoms with Crippen molar-refractivity contribution in [3.8, 4) is 0 Å². The summed E-state index contributed by atoms with van der Waals surface area (Å²) in [5.41, 5.74) is -1.29. The van der Waals surface area contributed by atoms with Crippen molar-refractivity contribution in [2.24, 2.45) is 0 Å². The van der Waals surface area contributed by atoms with Crippen molar-refractivity contribution >= 4 is 17.4 Å². The molecule has 3 N–H and O–H groups in total. The first-order chi connectivity index (χ1) is 9.36. The maximum absolute atomic E-state index is 13.0. The molecule has 9 heteroatoms. The van der Waals surface area contributed by atoms with Gasteiger partial charge in [0, 0.05) is 11.9 Å². The average Bonchev–Trinajstić information content (AvgIpc) is 2.83. The number of halogens is 4. The lowest BCUT2D eigenvalue weighted by molar-refractivity contribution is -0.139. The fourth-order valence-electron chi connectivity index (χ4n) is 1.43. The van der Waals surface area contributed by atoms with Crippen LogP contribution in [0.15, 0.2) is 30.6 Å². The molecule has 0 radical (unpaired) electrons. The first-order valence-electron chi connectivity index (χ1n) is 5.30. The molecule has 0 unspecified atom stereocenters. The summed E-state index contributed by atoms with van der Waals surface area (Å²) in [7, 11) is 0. The molecule has 5 nitrogen and oxygen atoms in total. The van der Waals surface area contributed by atoms with Crippen molar-refractivity contribution in [1.82, 2.24) is 10.2 Å². The molecule has 0 bridgehead atoms. The SMILES string of the molecule is O=C(Nc1cn[nH]c1)Nc1ccc(F)c(C(F)(F)F)c1. The van der Waals surface area contributed by atoms with Crippen LogP contribution in [0.3, 0.4) is 0 Å². The summed E-state index contributed by atoms with van der Waals surface area (Å²) < 4.78 is 50.5. The van der Waals surface area contributed by atoms with E-state index < -0.39 is 23.6 Å². The maximum Gasteiger partial charge on any atom is 0.419 e. The maximum atomic E-state index is 13.0. The number of nitrogens with one attached hydrogen (secondary N) is 3. The van der Waals surface area contributed by atoms with Gasteiger partial charge in [-0.1, -0.05) is 0 Å². The Morgan fingerprint density at radius 2 is 1.90 bits per heavy atom. The molecular formula is C11H8F4N4O. The fraction of sp³-hybridized carbons (Fsp3) is 0.0909. The molecule has 1 heterocycles. The number of urea groups is 1. The van der Waals surface area contributed by atoms with Crippen molar-refractivity contribution in [1.29, 1.82) is 0 Å². The Balaban J connectivity index is 2.12. The predicted molar refractivity (Wildman–Crippen MR) is 62.6 cm³/mol. The van der Waals surface area contributed by atoms with Crippen LogP contribution in [0.2, 0.25) is 0 Å². The van der Waals surface area contributed by atoms with Crippen molar-refractivity contribution in [3.05, 3.63) is 42.0 Å². The number of rotatable bonds is 2. The molecule has 0 saturated heterocycles. The molecule has 0 fully saturated rings. The number of anilines is 2. The Hall–Kier alpha value is -2.58. The minimum absolute atomic E-state index is 0.181. The van der Waals surface area contributed by atoms with Crippen LogP contribution in [0.4, 0.5) is 33.7 Å². The monoisotopic (exact) mass is 288 g/mol. The number of hydrogen-bond acceptors (Lipinski definition) is 2. The molecule has 0 aliphatic carbocycles. The van der Waals surface area contributed by atoms with Crippen LogP contribution in [0.25, 0.3) is 0 Å². The van der Waals surface area contributed by atoms with Crippen molar-refractivity contribution in [3.63, 3.8) is 0 Å². The molecule has 0 aliphatic heterocycles. The van der Waals surface area contributed by atoms with Gasteiger partial charge in [-0.3, -0.25) is 5.10 Å². The lowest BCUT2D eigenvalue weighted by Gasteiger charge is -2.11. The largest absolute Gasteiger partial charge is 0.419 e. The topological polar surface area (TPSA) is 69.8 Å². The van der Waals surface area contributed by atoms with Gasteiger partial charge in [-0.2, -0.15) is 18.3 Å². The number of H-pyrrole nitrogens is 1. The second-order valence-corrected chi connectivity index (χ2v) is 3.76. The number of nitrogens with zero attached hydrogens (tertiary/aromatic N) is 1. The number of carbonyl (C=O) groups excluding carboxylic acids is 1. The van der Waals surface area contributed by atoms with E-state index in [4.69, 9.17) is 0 Å². The number of benzene rings is 1. The van der Waals surface area contributed by atoms with Crippen LogP contribution in [0, 0.1) is 5.82 Å². The molecule has 106 valence electrons. The molecule has 0 atom stereocenters. The van der Waals surface area contributed by atoms with Crippen LogP contribution in [0.5, 0.6) is 0 Å². The number of carbonyl (C=O) groups is 1. The van der Waals surface area contributed by atoms with E-state index in [9.17, 15) is 22.4 Å². The molecule has 2 rings (SSSR count). The third-order valence-electron chi connectivity index (χ3n) is 2.29. The van der Waals surface area contributed by atoms with Gasteiger partial charge in [0.2, 0.25) is 0 Å². The van der Waals surface area contributed by atoms with E-state index in [0.29, 0.717) is 17.8 Å². The number of aromatic amines is 1. The Bertz CT molecular complexity index is 609. The Morgan fingerprint density at radius 1 is 1.20 bits per heavy atom. The van der Waals surface area contributed by atoms with Gasteiger partial charge < -0.3 is 10.6 Å². The van der Waals surface area contributed by atoms with E-state index >= 15 is 0 Å². The normalized spacial score (nSPS) is 11.2. The molecule has 0 saturated carbocycles. The standard InChI is InChI=1S/C11H8F4N4O/c12-9-2-1-6(3-8(9)11(13,14)15)18-10(20)19-7-4-16-17-5-7/h1-5H,(H,16,17)(H2,18,19,20). The highest BCUT2D eigenvalue weighted by atomic mass is 19.4. The molecule has 2 amide bonds. The van der Waals surface area contributed by atoms with Gasteiger partial charge in [-0.15, -0.1) is 0 Å². The van der Waals surface area contributed by atoms with Crippen LogP contribution in [0.1, 0.15) is 5.56 Å². The molecule has 2 aromatic rings. The summed E-state index contributed by atoms with van der Waals surface area (Å²) in [6, 6.07) is 1.41. The van der Waals surface area contributed by atoms with Gasteiger partial charge in [-0.05, 0) is 18.2 Å². The van der Waals surface area contributed by atoms with Gasteiger partial charge >= 0.3 is 12.2 Å². The van der Waals surface area contributed by atoms with Crippen LogP contribution >= 0.6 is 0 Å². The third kappa shape index (κ3) is 3.25. The van der Waals surface area contributed by atoms with E-state index in [2.05, 4.69) is 20.8 Å². The zero-order chi connectivity index (χ0) is 14.8. The van der Waals surface area contributed by atoms with E-state index in [1.165, 1.54) is 12.4 Å². The summed E-state index contributed by atoms with van der Waals surface area (Å²) in [4.78, 5) is 11.5. The fourth-order valence-corrected chi connectivity index (χ4v) is 1.43. The van der Waals surface area contributed by atoms with E-state index in [1.807, 2.05) is 0 Å². The molecule has 1 aromatic heterocycles. The van der Waals surface area contributed by atoms with Crippen molar-refractivity contribution < 1.29 is 22.4 Å². The highest BCUT2D eigenvalue weighted by Crippen LogP contribution is 2.32. The van der Waals surface area contributed by atoms with E-state index in [-0.39, 0.29) is 5.69 Å². The molecule has 0 spiro atoms. The van der Waals surface area contributed by atoms with Crippen molar-refractivity contribution in [2.75, 3.05) is 10.6 Å². The molecule has 0 aliphatic rings. The summed E-state index contributed by atoms with van der Waals surface area (Å²) in [5, 5.41) is 10.5. The van der Waals surface area contributed by atoms with E-state index in [0.717, 1.165) is 6.07 Å². The Labute approximate surface area is 110 Å². The lowest BCUT2D eigenvalue weighted by Crippen LogP contribution is -2.19. The summed E-state index contributed by atoms with van der Waals surface area (Å²) >= 11 is 0. The van der Waals surface area contributed by atoms with Crippen LogP contribution < -0.4 is 10.6 Å². The Morgan fingerprint density at radius 3 is 2.50 bits per heavy atom. The summed E-state index contributed by atoms with van der Waals surface area (Å²) in [5.74, 6) is -1.40. The van der Waals surface area contributed by atoms with Crippen LogP contribution in [-0.2, 0) is 6.18 Å². The van der Waals surface area contributed by atoms with Gasteiger partial charge in [0.05, 0.1) is 17.4 Å². The van der Waals surface area contributed by atoms with Gasteiger partial charge in [-0.25, -0.2) is 9.18 Å². The second-order valence-electron chi connectivity index (χ2n) is 3.76. The third-order valence-corrected chi connectivity index (χ3v) is 2.29. The minimum atomic E-state index is -4.83. The molecule has 20 heavy (non-hydrogen) atoms. The zero-order valence-corrected chi connectivity index (χ0v) is 9.75. The quantitative estimate of drug-likeness (QED) is 0.743. The van der Waals surface area contributed by atoms with Gasteiger partial charge in [0.1, 0.15) is 5.82 Å². The minimum Gasteiger partial charge on any atom is -0.308 e. The lowest BCUT2D eigenvalue weighted by atomic mass is 10.2. The first kappa shape index (κ1) is 13.8. The first-order valence-corrected chi connectivity index (χ1v) is 5.30. The highest BCUT2D eigenvalue weighted by molar-refractivity contribution is 5.99. The zero-order valence-electron chi connectivity index (χ0n) is 9.75. The highest BCUT2D eigenvalue weighted by Gasteiger charge is 2.34.